The van der Waals surface area contributed by atoms with E-state index in [9.17, 15) is 0 Å². The molecule has 0 spiro atoms. The van der Waals surface area contributed by atoms with E-state index in [2.05, 4.69) is 33.2 Å². The predicted molar refractivity (Wildman–Crippen MR) is 57.0 cm³/mol. The molecule has 6 nitrogen and oxygen atoms in total. The number of anilines is 1. The van der Waals surface area contributed by atoms with E-state index in [0.29, 0.717) is 23.5 Å². The fourth-order valence-electron chi connectivity index (χ4n) is 1.22. The first-order valence-electron chi connectivity index (χ1n) is 4.77. The molecule has 0 saturated carbocycles. The van der Waals surface area contributed by atoms with E-state index < -0.39 is 0 Å². The van der Waals surface area contributed by atoms with Gasteiger partial charge in [0.15, 0.2) is 11.3 Å². The van der Waals surface area contributed by atoms with Gasteiger partial charge in [-0.1, -0.05) is 19.1 Å². The van der Waals surface area contributed by atoms with E-state index in [0.717, 1.165) is 6.42 Å². The van der Waals surface area contributed by atoms with Crippen LogP contribution in [0.4, 0.5) is 5.82 Å². The van der Waals surface area contributed by atoms with Crippen LogP contribution in [0.25, 0.3) is 11.2 Å². The zero-order valence-corrected chi connectivity index (χ0v) is 8.46. The summed E-state index contributed by atoms with van der Waals surface area (Å²) >= 11 is 0. The Morgan fingerprint density at radius 1 is 1.33 bits per heavy atom. The van der Waals surface area contributed by atoms with Crippen molar-refractivity contribution in [3.8, 4) is 0 Å². The van der Waals surface area contributed by atoms with Gasteiger partial charge in [0.05, 0.1) is 6.54 Å². The standard InChI is InChI=1S/C9H12N6/c1-2-3-4-5-15-13-7-8(10)11-6-12-9(7)14-15/h3-4,6H,2,5H2,1H3,(H2,10,11,12,14)/b4-3-. The van der Waals surface area contributed by atoms with Crippen molar-refractivity contribution in [2.24, 2.45) is 0 Å². The lowest BCUT2D eigenvalue weighted by molar-refractivity contribution is 0.609. The van der Waals surface area contributed by atoms with Crippen molar-refractivity contribution in [1.82, 2.24) is 25.0 Å². The quantitative estimate of drug-likeness (QED) is 0.746. The average molecular weight is 204 g/mol. The molecule has 0 atom stereocenters. The molecule has 0 saturated heterocycles. The number of hydrogen-bond acceptors (Lipinski definition) is 5. The molecule has 0 amide bonds. The summed E-state index contributed by atoms with van der Waals surface area (Å²) < 4.78 is 0. The first kappa shape index (κ1) is 9.57. The van der Waals surface area contributed by atoms with Crippen LogP contribution in [-0.2, 0) is 6.54 Å². The second kappa shape index (κ2) is 4.04. The Morgan fingerprint density at radius 2 is 2.20 bits per heavy atom. The summed E-state index contributed by atoms with van der Waals surface area (Å²) in [6, 6.07) is 0. The van der Waals surface area contributed by atoms with E-state index in [4.69, 9.17) is 5.73 Å². The van der Waals surface area contributed by atoms with E-state index in [-0.39, 0.29) is 0 Å². The van der Waals surface area contributed by atoms with Gasteiger partial charge in [0.25, 0.3) is 0 Å². The molecule has 2 aromatic heterocycles. The van der Waals surface area contributed by atoms with Crippen LogP contribution in [-0.4, -0.2) is 25.0 Å². The number of nitrogens with two attached hydrogens (primary N) is 1. The maximum absolute atomic E-state index is 5.64. The summed E-state index contributed by atoms with van der Waals surface area (Å²) in [4.78, 5) is 9.39. The molecule has 0 radical (unpaired) electrons. The summed E-state index contributed by atoms with van der Waals surface area (Å²) in [5, 5.41) is 8.36. The van der Waals surface area contributed by atoms with Crippen molar-refractivity contribution in [3.05, 3.63) is 18.5 Å². The molecular formula is C9H12N6. The molecule has 0 unspecified atom stereocenters. The molecule has 6 heteroatoms. The summed E-state index contributed by atoms with van der Waals surface area (Å²) in [6.07, 6.45) is 6.45. The summed E-state index contributed by atoms with van der Waals surface area (Å²) in [5.41, 5.74) is 6.73. The van der Waals surface area contributed by atoms with Gasteiger partial charge >= 0.3 is 0 Å². The number of aromatic nitrogens is 5. The van der Waals surface area contributed by atoms with Gasteiger partial charge in [-0.25, -0.2) is 9.97 Å². The third-order valence-electron chi connectivity index (χ3n) is 1.93. The fraction of sp³-hybridized carbons (Fsp3) is 0.333. The average Bonchev–Trinajstić information content (AvgIpc) is 2.63. The highest BCUT2D eigenvalue weighted by atomic mass is 15.5. The minimum absolute atomic E-state index is 0.366. The van der Waals surface area contributed by atoms with Crippen LogP contribution in [0.2, 0.25) is 0 Å². The molecule has 2 N–H and O–H groups in total. The first-order valence-corrected chi connectivity index (χ1v) is 4.77. The molecule has 15 heavy (non-hydrogen) atoms. The molecular weight excluding hydrogens is 192 g/mol. The number of hydrogen-bond donors (Lipinski definition) is 1. The highest BCUT2D eigenvalue weighted by Gasteiger charge is 2.06. The maximum Gasteiger partial charge on any atom is 0.207 e. The van der Waals surface area contributed by atoms with Gasteiger partial charge in [-0.15, -0.1) is 10.2 Å². The summed E-state index contributed by atoms with van der Waals surface area (Å²) in [6.45, 7) is 2.70. The molecule has 0 aromatic carbocycles. The zero-order valence-electron chi connectivity index (χ0n) is 8.46. The molecule has 0 aliphatic heterocycles. The fourth-order valence-corrected chi connectivity index (χ4v) is 1.22. The van der Waals surface area contributed by atoms with Gasteiger partial charge in [-0.3, -0.25) is 0 Å². The Bertz CT molecular complexity index is 486. The van der Waals surface area contributed by atoms with Gasteiger partial charge in [0.2, 0.25) is 5.65 Å². The van der Waals surface area contributed by atoms with E-state index >= 15 is 0 Å². The second-order valence-corrected chi connectivity index (χ2v) is 3.07. The Kier molecular flexibility index (Phi) is 2.57. The molecule has 2 rings (SSSR count). The third kappa shape index (κ3) is 1.93. The normalized spacial score (nSPS) is 11.5. The van der Waals surface area contributed by atoms with Crippen molar-refractivity contribution >= 4 is 17.0 Å². The monoisotopic (exact) mass is 204 g/mol. The Balaban J connectivity index is 2.31. The lowest BCUT2D eigenvalue weighted by Gasteiger charge is -1.90. The van der Waals surface area contributed by atoms with Crippen molar-refractivity contribution in [3.63, 3.8) is 0 Å². The third-order valence-corrected chi connectivity index (χ3v) is 1.93. The highest BCUT2D eigenvalue weighted by molar-refractivity contribution is 5.79. The van der Waals surface area contributed by atoms with Crippen molar-refractivity contribution in [2.75, 3.05) is 5.73 Å². The first-order chi connectivity index (χ1) is 7.31. The summed E-state index contributed by atoms with van der Waals surface area (Å²) in [5.74, 6) is 0.366. The number of nitrogen functional groups attached to an aromatic ring is 1. The van der Waals surface area contributed by atoms with Crippen LogP contribution in [0.15, 0.2) is 18.5 Å². The van der Waals surface area contributed by atoms with Crippen LogP contribution in [0.5, 0.6) is 0 Å². The van der Waals surface area contributed by atoms with Gasteiger partial charge in [-0.2, -0.15) is 4.80 Å². The molecule has 0 fully saturated rings. The zero-order chi connectivity index (χ0) is 10.7. The van der Waals surface area contributed by atoms with Crippen molar-refractivity contribution in [2.45, 2.75) is 19.9 Å². The molecule has 78 valence electrons. The Labute approximate surface area is 86.8 Å². The lowest BCUT2D eigenvalue weighted by Crippen LogP contribution is -1.99. The topological polar surface area (TPSA) is 82.5 Å². The molecule has 2 heterocycles. The molecule has 0 bridgehead atoms. The SMILES string of the molecule is CC/C=C\Cn1nc2ncnc(N)c2n1. The van der Waals surface area contributed by atoms with Gasteiger partial charge in [0, 0.05) is 0 Å². The minimum atomic E-state index is 0.366. The van der Waals surface area contributed by atoms with Crippen LogP contribution >= 0.6 is 0 Å². The van der Waals surface area contributed by atoms with Gasteiger partial charge < -0.3 is 5.73 Å². The number of nitrogens with zero attached hydrogens (tertiary/aromatic N) is 5. The molecule has 0 aliphatic rings. The number of allylic oxidation sites excluding steroid dienone is 2. The molecule has 2 aromatic rings. The molecule has 0 aliphatic carbocycles. The van der Waals surface area contributed by atoms with E-state index in [1.165, 1.54) is 6.33 Å². The highest BCUT2D eigenvalue weighted by Crippen LogP contribution is 2.10. The summed E-state index contributed by atoms with van der Waals surface area (Å²) in [7, 11) is 0. The Hall–Kier alpha value is -1.98. The van der Waals surface area contributed by atoms with Crippen molar-refractivity contribution in [1.29, 1.82) is 0 Å². The minimum Gasteiger partial charge on any atom is -0.382 e. The van der Waals surface area contributed by atoms with Crippen molar-refractivity contribution < 1.29 is 0 Å². The number of fused-ring (bicyclic) bond motifs is 1. The number of rotatable bonds is 3. The maximum atomic E-state index is 5.64. The van der Waals surface area contributed by atoms with Gasteiger partial charge in [-0.05, 0) is 6.42 Å². The van der Waals surface area contributed by atoms with Crippen LogP contribution in [0.3, 0.4) is 0 Å². The van der Waals surface area contributed by atoms with Crippen LogP contribution in [0, 0.1) is 0 Å². The predicted octanol–water partition coefficient (Wildman–Crippen LogP) is 0.770. The lowest BCUT2D eigenvalue weighted by atomic mass is 10.4. The largest absolute Gasteiger partial charge is 0.382 e. The van der Waals surface area contributed by atoms with E-state index in [1.54, 1.807) is 4.80 Å². The second-order valence-electron chi connectivity index (χ2n) is 3.07. The van der Waals surface area contributed by atoms with E-state index in [1.807, 2.05) is 6.08 Å². The Morgan fingerprint density at radius 3 is 2.93 bits per heavy atom. The smallest absolute Gasteiger partial charge is 0.207 e. The van der Waals surface area contributed by atoms with Gasteiger partial charge in [0.1, 0.15) is 6.33 Å². The van der Waals surface area contributed by atoms with Crippen LogP contribution < -0.4 is 5.73 Å². The van der Waals surface area contributed by atoms with Crippen LogP contribution in [0.1, 0.15) is 13.3 Å².